The van der Waals surface area contributed by atoms with Crippen molar-refractivity contribution >= 4 is 29.5 Å². The lowest BCUT2D eigenvalue weighted by molar-refractivity contribution is -0.155. The maximum absolute atomic E-state index is 14.2. The van der Waals surface area contributed by atoms with Crippen molar-refractivity contribution in [3.8, 4) is 0 Å². The van der Waals surface area contributed by atoms with E-state index in [1.807, 2.05) is 34.6 Å². The minimum atomic E-state index is -0.734. The Labute approximate surface area is 195 Å². The molecule has 180 valence electrons. The Balaban J connectivity index is 2.16. The van der Waals surface area contributed by atoms with Gasteiger partial charge in [0.15, 0.2) is 0 Å². The first-order chi connectivity index (χ1) is 14.9. The van der Waals surface area contributed by atoms with Crippen molar-refractivity contribution in [1.82, 2.24) is 9.80 Å². The summed E-state index contributed by atoms with van der Waals surface area (Å²) in [6.45, 7) is 15.8. The fourth-order valence-corrected chi connectivity index (χ4v) is 8.34. The van der Waals surface area contributed by atoms with Crippen molar-refractivity contribution in [2.45, 2.75) is 87.9 Å². The quantitative estimate of drug-likeness (QED) is 0.437. The molecule has 6 atom stereocenters. The van der Waals surface area contributed by atoms with E-state index in [1.165, 1.54) is 0 Å². The summed E-state index contributed by atoms with van der Waals surface area (Å²) in [5.74, 6) is -1.91. The topological polar surface area (TPSA) is 87.2 Å². The number of hydrogen-bond acceptors (Lipinski definition) is 6. The van der Waals surface area contributed by atoms with Crippen LogP contribution in [0.1, 0.15) is 60.8 Å². The second-order valence-electron chi connectivity index (χ2n) is 10.4. The monoisotopic (exact) mass is 466 g/mol. The number of rotatable bonds is 8. The predicted octanol–water partition coefficient (Wildman–Crippen LogP) is 2.61. The zero-order valence-electron chi connectivity index (χ0n) is 20.2. The zero-order valence-corrected chi connectivity index (χ0v) is 21.0. The lowest BCUT2D eigenvalue weighted by atomic mass is 9.66. The van der Waals surface area contributed by atoms with Gasteiger partial charge < -0.3 is 19.6 Å². The van der Waals surface area contributed by atoms with Gasteiger partial charge in [-0.05, 0) is 53.9 Å². The number of ether oxygens (including phenoxy) is 1. The van der Waals surface area contributed by atoms with Crippen LogP contribution in [0.4, 0.5) is 0 Å². The van der Waals surface area contributed by atoms with Crippen LogP contribution >= 0.6 is 11.8 Å². The Kier molecular flexibility index (Phi) is 6.80. The van der Waals surface area contributed by atoms with E-state index in [9.17, 15) is 19.5 Å². The molecule has 0 radical (unpaired) electrons. The number of carbonyl (C=O) groups excluding carboxylic acids is 3. The van der Waals surface area contributed by atoms with Crippen LogP contribution in [0.15, 0.2) is 12.7 Å². The lowest BCUT2D eigenvalue weighted by Gasteiger charge is -2.43. The van der Waals surface area contributed by atoms with E-state index in [1.54, 1.807) is 34.6 Å². The van der Waals surface area contributed by atoms with Gasteiger partial charge in [-0.15, -0.1) is 18.3 Å². The highest BCUT2D eigenvalue weighted by atomic mass is 32.2. The first-order valence-corrected chi connectivity index (χ1v) is 12.5. The van der Waals surface area contributed by atoms with E-state index in [4.69, 9.17) is 4.74 Å². The van der Waals surface area contributed by atoms with Crippen LogP contribution in [-0.4, -0.2) is 79.6 Å². The smallest absolute Gasteiger partial charge is 0.311 e. The maximum atomic E-state index is 14.2. The minimum absolute atomic E-state index is 0.138. The van der Waals surface area contributed by atoms with Crippen LogP contribution in [0.3, 0.4) is 0 Å². The molecule has 3 rings (SSSR count). The average molecular weight is 467 g/mol. The van der Waals surface area contributed by atoms with Gasteiger partial charge in [0, 0.05) is 16.8 Å². The third-order valence-corrected chi connectivity index (χ3v) is 9.44. The molecule has 1 N–H and O–H groups in total. The number of esters is 1. The number of aliphatic hydroxyl groups is 1. The molecular formula is C24H38N2O5S. The van der Waals surface area contributed by atoms with Gasteiger partial charge >= 0.3 is 5.97 Å². The molecule has 2 amide bonds. The summed E-state index contributed by atoms with van der Waals surface area (Å²) >= 11 is 1.62. The number of nitrogens with zero attached hydrogens (tertiary/aromatic N) is 2. The molecule has 0 aliphatic carbocycles. The number of fused-ring (bicyclic) bond motifs is 1. The molecule has 0 aromatic rings. The minimum Gasteiger partial charge on any atom is -0.466 e. The highest BCUT2D eigenvalue weighted by Gasteiger charge is 2.78. The lowest BCUT2D eigenvalue weighted by Crippen LogP contribution is -2.60. The highest BCUT2D eigenvalue weighted by Crippen LogP contribution is 2.71. The fourth-order valence-electron chi connectivity index (χ4n) is 6.01. The summed E-state index contributed by atoms with van der Waals surface area (Å²) in [4.78, 5) is 44.5. The second-order valence-corrected chi connectivity index (χ2v) is 12.3. The molecule has 2 unspecified atom stereocenters. The molecule has 0 aromatic carbocycles. The molecule has 0 aromatic heterocycles. The number of aliphatic hydroxyl groups excluding tert-OH is 1. The van der Waals surface area contributed by atoms with E-state index in [0.717, 1.165) is 6.42 Å². The van der Waals surface area contributed by atoms with Crippen molar-refractivity contribution in [3.63, 3.8) is 0 Å². The fraction of sp³-hybridized carbons (Fsp3) is 0.792. The van der Waals surface area contributed by atoms with Gasteiger partial charge in [-0.25, -0.2) is 0 Å². The summed E-state index contributed by atoms with van der Waals surface area (Å²) in [5, 5.41) is 10.1. The van der Waals surface area contributed by atoms with Crippen LogP contribution in [0.5, 0.6) is 0 Å². The number of likely N-dealkylation sites (tertiary alicyclic amines) is 1. The number of amides is 2. The molecule has 32 heavy (non-hydrogen) atoms. The van der Waals surface area contributed by atoms with Crippen LogP contribution < -0.4 is 0 Å². The molecule has 7 nitrogen and oxygen atoms in total. The number of hydrogen-bond donors (Lipinski definition) is 1. The van der Waals surface area contributed by atoms with Crippen molar-refractivity contribution < 1.29 is 24.2 Å². The van der Waals surface area contributed by atoms with Gasteiger partial charge in [0.1, 0.15) is 6.04 Å². The molecule has 8 heteroatoms. The van der Waals surface area contributed by atoms with Crippen LogP contribution in [-0.2, 0) is 19.1 Å². The van der Waals surface area contributed by atoms with Gasteiger partial charge in [0.25, 0.3) is 0 Å². The molecule has 3 fully saturated rings. The Morgan fingerprint density at radius 2 is 2.03 bits per heavy atom. The number of carbonyl (C=O) groups is 3. The van der Waals surface area contributed by atoms with Crippen LogP contribution in [0.25, 0.3) is 0 Å². The molecule has 3 heterocycles. The number of thioether (sulfide) groups is 1. The summed E-state index contributed by atoms with van der Waals surface area (Å²) in [6, 6.07) is -1.21. The van der Waals surface area contributed by atoms with Gasteiger partial charge in [0.05, 0.1) is 35.8 Å². The summed E-state index contributed by atoms with van der Waals surface area (Å²) in [6.07, 6.45) is 3.65. The first kappa shape index (κ1) is 25.1. The van der Waals surface area contributed by atoms with E-state index >= 15 is 0 Å². The molecule has 3 saturated heterocycles. The van der Waals surface area contributed by atoms with Gasteiger partial charge in [-0.2, -0.15) is 0 Å². The van der Waals surface area contributed by atoms with Crippen molar-refractivity contribution in [2.24, 2.45) is 11.8 Å². The Morgan fingerprint density at radius 3 is 2.53 bits per heavy atom. The van der Waals surface area contributed by atoms with E-state index in [2.05, 4.69) is 6.58 Å². The summed E-state index contributed by atoms with van der Waals surface area (Å²) < 4.78 is 4.26. The van der Waals surface area contributed by atoms with Gasteiger partial charge in [0.2, 0.25) is 11.8 Å². The van der Waals surface area contributed by atoms with E-state index in [-0.39, 0.29) is 31.0 Å². The van der Waals surface area contributed by atoms with E-state index in [0.29, 0.717) is 19.4 Å². The average Bonchev–Trinajstić information content (AvgIpc) is 3.27. The second kappa shape index (κ2) is 8.67. The predicted molar refractivity (Wildman–Crippen MR) is 125 cm³/mol. The maximum Gasteiger partial charge on any atom is 0.311 e. The Hall–Kier alpha value is -1.54. The molecule has 3 aliphatic heterocycles. The Bertz CT molecular complexity index is 792. The van der Waals surface area contributed by atoms with Crippen molar-refractivity contribution in [1.29, 1.82) is 0 Å². The third kappa shape index (κ3) is 3.58. The molecule has 0 saturated carbocycles. The normalized spacial score (nSPS) is 34.4. The third-order valence-electron chi connectivity index (χ3n) is 7.45. The Morgan fingerprint density at radius 1 is 1.38 bits per heavy atom. The van der Waals surface area contributed by atoms with Crippen molar-refractivity contribution in [3.05, 3.63) is 12.7 Å². The van der Waals surface area contributed by atoms with Crippen molar-refractivity contribution in [2.75, 3.05) is 19.8 Å². The molecular weight excluding hydrogens is 428 g/mol. The zero-order chi connectivity index (χ0) is 24.1. The standard InChI is InChI=1S/C24H38N2O5S/c1-8-13-25(22(4,5)6)20(29)18-24-12-11-23(7,32-24)17(21(30)31-10-3)16(24)19(28)26(18)15(9-2)14-27/h8,15-18,27H,1,9-14H2,2-7H3/t15-,16-,17+,18?,23-,24?/m0/s1. The van der Waals surface area contributed by atoms with Gasteiger partial charge in [-0.3, -0.25) is 14.4 Å². The van der Waals surface area contributed by atoms with Crippen LogP contribution in [0, 0.1) is 11.8 Å². The van der Waals surface area contributed by atoms with E-state index < -0.39 is 39.0 Å². The molecule has 3 aliphatic rings. The van der Waals surface area contributed by atoms with Gasteiger partial charge in [-0.1, -0.05) is 13.0 Å². The first-order valence-electron chi connectivity index (χ1n) is 11.7. The summed E-state index contributed by atoms with van der Waals surface area (Å²) in [7, 11) is 0. The molecule has 2 bridgehead atoms. The van der Waals surface area contributed by atoms with Crippen LogP contribution in [0.2, 0.25) is 0 Å². The summed E-state index contributed by atoms with van der Waals surface area (Å²) in [5.41, 5.74) is -0.471. The largest absolute Gasteiger partial charge is 0.466 e. The molecule has 1 spiro atoms. The highest BCUT2D eigenvalue weighted by molar-refractivity contribution is 8.02. The SMILES string of the molecule is C=CCN(C(=O)C1N([C@@H](CC)CO)C(=O)[C@@H]2[C@H](C(=O)OCC)[C@]3(C)CCC12S3)C(C)(C)C.